The molecule has 104 valence electrons. The van der Waals surface area contributed by atoms with Gasteiger partial charge in [-0.25, -0.2) is 0 Å². The minimum absolute atomic E-state index is 0.254. The number of hydrogen-bond donors (Lipinski definition) is 1. The fourth-order valence-corrected chi connectivity index (χ4v) is 2.85. The molecule has 1 aliphatic rings. The standard InChI is InChI=1S/C16H24N2O/c1-13(14-7-3-2-4-8-14)11-16(19)18-10-6-5-9-15(18)12-17/h2-4,7-8,13,15H,5-6,9-12,17H2,1H3. The third-order valence-corrected chi connectivity index (χ3v) is 4.07. The molecule has 2 rings (SSSR count). The molecule has 19 heavy (non-hydrogen) atoms. The molecule has 0 bridgehead atoms. The molecule has 1 heterocycles. The van der Waals surface area contributed by atoms with Crippen molar-refractivity contribution in [1.82, 2.24) is 4.90 Å². The first-order valence-corrected chi connectivity index (χ1v) is 7.27. The molecule has 2 unspecified atom stereocenters. The number of nitrogens with two attached hydrogens (primary N) is 1. The number of amides is 1. The summed E-state index contributed by atoms with van der Waals surface area (Å²) in [4.78, 5) is 14.4. The van der Waals surface area contributed by atoms with Crippen LogP contribution in [0.25, 0.3) is 0 Å². The number of carbonyl (C=O) groups excluding carboxylic acids is 1. The summed E-state index contributed by atoms with van der Waals surface area (Å²) in [7, 11) is 0. The molecule has 0 aromatic heterocycles. The Balaban J connectivity index is 1.96. The molecule has 1 aliphatic heterocycles. The maximum absolute atomic E-state index is 12.4. The Morgan fingerprint density at radius 2 is 2.11 bits per heavy atom. The van der Waals surface area contributed by atoms with E-state index in [9.17, 15) is 4.79 Å². The average molecular weight is 260 g/mol. The summed E-state index contributed by atoms with van der Waals surface area (Å²) in [5.74, 6) is 0.528. The molecule has 0 aliphatic carbocycles. The molecule has 0 spiro atoms. The van der Waals surface area contributed by atoms with E-state index in [1.165, 1.54) is 12.0 Å². The zero-order valence-corrected chi connectivity index (χ0v) is 11.7. The summed E-state index contributed by atoms with van der Waals surface area (Å²) in [6.45, 7) is 3.59. The maximum atomic E-state index is 12.4. The van der Waals surface area contributed by atoms with Crippen LogP contribution in [-0.4, -0.2) is 29.9 Å². The summed E-state index contributed by atoms with van der Waals surface area (Å²) < 4.78 is 0. The van der Waals surface area contributed by atoms with Crippen molar-refractivity contribution in [3.8, 4) is 0 Å². The Morgan fingerprint density at radius 3 is 2.79 bits per heavy atom. The van der Waals surface area contributed by atoms with Crippen molar-refractivity contribution < 1.29 is 4.79 Å². The van der Waals surface area contributed by atoms with E-state index in [-0.39, 0.29) is 17.9 Å². The van der Waals surface area contributed by atoms with Gasteiger partial charge in [-0.1, -0.05) is 37.3 Å². The van der Waals surface area contributed by atoms with Gasteiger partial charge in [-0.2, -0.15) is 0 Å². The number of nitrogens with zero attached hydrogens (tertiary/aromatic N) is 1. The van der Waals surface area contributed by atoms with Crippen LogP contribution in [0.1, 0.15) is 44.1 Å². The lowest BCUT2D eigenvalue weighted by molar-refractivity contribution is -0.135. The van der Waals surface area contributed by atoms with Gasteiger partial charge in [0.25, 0.3) is 0 Å². The number of piperidine rings is 1. The minimum atomic E-state index is 0.254. The molecule has 2 N–H and O–H groups in total. The van der Waals surface area contributed by atoms with Gasteiger partial charge < -0.3 is 10.6 Å². The zero-order valence-electron chi connectivity index (χ0n) is 11.7. The van der Waals surface area contributed by atoms with Gasteiger partial charge in [0, 0.05) is 25.6 Å². The van der Waals surface area contributed by atoms with E-state index in [1.54, 1.807) is 0 Å². The topological polar surface area (TPSA) is 46.3 Å². The van der Waals surface area contributed by atoms with Crippen LogP contribution in [0.3, 0.4) is 0 Å². The summed E-state index contributed by atoms with van der Waals surface area (Å²) >= 11 is 0. The highest BCUT2D eigenvalue weighted by atomic mass is 16.2. The van der Waals surface area contributed by atoms with Gasteiger partial charge in [0.1, 0.15) is 0 Å². The van der Waals surface area contributed by atoms with Crippen molar-refractivity contribution >= 4 is 5.91 Å². The zero-order chi connectivity index (χ0) is 13.7. The highest BCUT2D eigenvalue weighted by Crippen LogP contribution is 2.23. The van der Waals surface area contributed by atoms with E-state index in [0.717, 1.165) is 19.4 Å². The smallest absolute Gasteiger partial charge is 0.223 e. The van der Waals surface area contributed by atoms with Crippen LogP contribution in [0, 0.1) is 0 Å². The summed E-state index contributed by atoms with van der Waals surface area (Å²) in [5.41, 5.74) is 7.01. The highest BCUT2D eigenvalue weighted by molar-refractivity contribution is 5.77. The molecular formula is C16H24N2O. The third kappa shape index (κ3) is 3.57. The molecule has 0 saturated carbocycles. The van der Waals surface area contributed by atoms with E-state index in [4.69, 9.17) is 5.73 Å². The molecule has 3 nitrogen and oxygen atoms in total. The van der Waals surface area contributed by atoms with Gasteiger partial charge in [-0.05, 0) is 30.7 Å². The van der Waals surface area contributed by atoms with Crippen molar-refractivity contribution in [1.29, 1.82) is 0 Å². The van der Waals surface area contributed by atoms with Crippen LogP contribution >= 0.6 is 0 Å². The fraction of sp³-hybridized carbons (Fsp3) is 0.562. The normalized spacial score (nSPS) is 21.2. The van der Waals surface area contributed by atoms with Crippen molar-refractivity contribution in [2.24, 2.45) is 5.73 Å². The molecule has 0 radical (unpaired) electrons. The van der Waals surface area contributed by atoms with Crippen LogP contribution in [0.5, 0.6) is 0 Å². The van der Waals surface area contributed by atoms with Crippen molar-refractivity contribution in [2.75, 3.05) is 13.1 Å². The van der Waals surface area contributed by atoms with Gasteiger partial charge >= 0.3 is 0 Å². The number of carbonyl (C=O) groups is 1. The molecule has 1 aromatic carbocycles. The lowest BCUT2D eigenvalue weighted by atomic mass is 9.95. The maximum Gasteiger partial charge on any atom is 0.223 e. The van der Waals surface area contributed by atoms with E-state index in [2.05, 4.69) is 19.1 Å². The Hall–Kier alpha value is -1.35. The Kier molecular flexibility index (Phi) is 4.97. The van der Waals surface area contributed by atoms with Crippen LogP contribution < -0.4 is 5.73 Å². The van der Waals surface area contributed by atoms with Crippen molar-refractivity contribution in [3.05, 3.63) is 35.9 Å². The summed E-state index contributed by atoms with van der Waals surface area (Å²) in [5, 5.41) is 0. The Labute approximate surface area is 115 Å². The molecule has 3 heteroatoms. The quantitative estimate of drug-likeness (QED) is 0.904. The van der Waals surface area contributed by atoms with Crippen molar-refractivity contribution in [3.63, 3.8) is 0 Å². The number of likely N-dealkylation sites (tertiary alicyclic amines) is 1. The summed E-state index contributed by atoms with van der Waals surface area (Å²) in [6.07, 6.45) is 3.95. The SMILES string of the molecule is CC(CC(=O)N1CCCCC1CN)c1ccccc1. The average Bonchev–Trinajstić information content (AvgIpc) is 2.48. The van der Waals surface area contributed by atoms with Gasteiger partial charge in [0.05, 0.1) is 0 Å². The van der Waals surface area contributed by atoms with Crippen LogP contribution in [0.15, 0.2) is 30.3 Å². The van der Waals surface area contributed by atoms with Crippen LogP contribution in [-0.2, 0) is 4.79 Å². The second-order valence-corrected chi connectivity index (χ2v) is 5.49. The van der Waals surface area contributed by atoms with E-state index in [0.29, 0.717) is 13.0 Å². The molecule has 1 aromatic rings. The predicted octanol–water partition coefficient (Wildman–Crippen LogP) is 2.52. The van der Waals surface area contributed by atoms with E-state index < -0.39 is 0 Å². The molecule has 1 fully saturated rings. The second kappa shape index (κ2) is 6.71. The largest absolute Gasteiger partial charge is 0.338 e. The predicted molar refractivity (Wildman–Crippen MR) is 77.9 cm³/mol. The third-order valence-electron chi connectivity index (χ3n) is 4.07. The Bertz CT molecular complexity index is 404. The molecular weight excluding hydrogens is 236 g/mol. The molecule has 2 atom stereocenters. The lowest BCUT2D eigenvalue weighted by Crippen LogP contribution is -2.47. The first-order valence-electron chi connectivity index (χ1n) is 7.27. The fourth-order valence-electron chi connectivity index (χ4n) is 2.85. The van der Waals surface area contributed by atoms with Gasteiger partial charge in [-0.15, -0.1) is 0 Å². The highest BCUT2D eigenvalue weighted by Gasteiger charge is 2.26. The van der Waals surface area contributed by atoms with E-state index >= 15 is 0 Å². The Morgan fingerprint density at radius 1 is 1.37 bits per heavy atom. The monoisotopic (exact) mass is 260 g/mol. The number of hydrogen-bond acceptors (Lipinski definition) is 2. The number of rotatable bonds is 4. The lowest BCUT2D eigenvalue weighted by Gasteiger charge is -2.35. The van der Waals surface area contributed by atoms with Gasteiger partial charge in [-0.3, -0.25) is 4.79 Å². The van der Waals surface area contributed by atoms with Crippen molar-refractivity contribution in [2.45, 2.75) is 44.6 Å². The minimum Gasteiger partial charge on any atom is -0.338 e. The second-order valence-electron chi connectivity index (χ2n) is 5.49. The van der Waals surface area contributed by atoms with Crippen LogP contribution in [0.4, 0.5) is 0 Å². The van der Waals surface area contributed by atoms with E-state index in [1.807, 2.05) is 23.1 Å². The molecule has 1 amide bonds. The number of benzene rings is 1. The summed E-state index contributed by atoms with van der Waals surface area (Å²) in [6, 6.07) is 10.5. The molecule has 1 saturated heterocycles. The van der Waals surface area contributed by atoms with Crippen LogP contribution in [0.2, 0.25) is 0 Å². The first-order chi connectivity index (χ1) is 9.22. The van der Waals surface area contributed by atoms with Gasteiger partial charge in [0.2, 0.25) is 5.91 Å². The van der Waals surface area contributed by atoms with Gasteiger partial charge in [0.15, 0.2) is 0 Å². The first kappa shape index (κ1) is 14.1.